The first-order chi connectivity index (χ1) is 14.0. The van der Waals surface area contributed by atoms with Gasteiger partial charge < -0.3 is 15.4 Å². The molecule has 5 aromatic rings. The van der Waals surface area contributed by atoms with Crippen LogP contribution in [0.15, 0.2) is 66.7 Å². The van der Waals surface area contributed by atoms with Gasteiger partial charge in [0, 0.05) is 32.9 Å². The van der Waals surface area contributed by atoms with Crippen molar-refractivity contribution in [1.29, 1.82) is 0 Å². The van der Waals surface area contributed by atoms with E-state index in [-0.39, 0.29) is 17.2 Å². The second-order valence-electron chi connectivity index (χ2n) is 7.47. The Morgan fingerprint density at radius 2 is 1.69 bits per heavy atom. The molecule has 29 heavy (non-hydrogen) atoms. The van der Waals surface area contributed by atoms with Gasteiger partial charge in [0.1, 0.15) is 5.75 Å². The molecule has 0 fully saturated rings. The lowest BCUT2D eigenvalue weighted by Crippen LogP contribution is -2.12. The van der Waals surface area contributed by atoms with E-state index < -0.39 is 0 Å². The molecular formula is C25H20N2O2. The van der Waals surface area contributed by atoms with Crippen LogP contribution in [-0.2, 0) is 0 Å². The topological polar surface area (TPSA) is 65.1 Å². The number of aryl methyl sites for hydroxylation is 2. The summed E-state index contributed by atoms with van der Waals surface area (Å²) in [6, 6.07) is 21.5. The van der Waals surface area contributed by atoms with Gasteiger partial charge in [0.05, 0.1) is 11.1 Å². The van der Waals surface area contributed by atoms with E-state index in [2.05, 4.69) is 22.4 Å². The number of nitrogens with one attached hydrogen (secondary N) is 2. The molecule has 0 spiro atoms. The van der Waals surface area contributed by atoms with Gasteiger partial charge in [0.25, 0.3) is 5.91 Å². The second-order valence-corrected chi connectivity index (χ2v) is 7.47. The molecule has 0 atom stereocenters. The van der Waals surface area contributed by atoms with Crippen LogP contribution in [0.2, 0.25) is 0 Å². The van der Waals surface area contributed by atoms with Crippen molar-refractivity contribution >= 4 is 44.2 Å². The highest BCUT2D eigenvalue weighted by molar-refractivity contribution is 6.20. The molecular weight excluding hydrogens is 360 g/mol. The molecule has 4 nitrogen and oxygen atoms in total. The van der Waals surface area contributed by atoms with Gasteiger partial charge in [0.15, 0.2) is 0 Å². The van der Waals surface area contributed by atoms with Crippen molar-refractivity contribution in [2.45, 2.75) is 13.8 Å². The SMILES string of the molecule is Cc1ccc(NC(=O)c2cc3ccc4c5ccccc5[nH]c4c3c(C)c2O)cc1. The van der Waals surface area contributed by atoms with Crippen molar-refractivity contribution in [2.75, 3.05) is 5.32 Å². The molecule has 0 bridgehead atoms. The van der Waals surface area contributed by atoms with E-state index >= 15 is 0 Å². The first-order valence-electron chi connectivity index (χ1n) is 9.56. The molecule has 4 heteroatoms. The number of fused-ring (bicyclic) bond motifs is 5. The Bertz CT molecular complexity index is 1410. The fraction of sp³-hybridized carbons (Fsp3) is 0.0800. The van der Waals surface area contributed by atoms with E-state index in [1.165, 1.54) is 0 Å². The number of aromatic nitrogens is 1. The monoisotopic (exact) mass is 380 g/mol. The van der Waals surface area contributed by atoms with E-state index in [0.29, 0.717) is 11.3 Å². The van der Waals surface area contributed by atoms with Crippen molar-refractivity contribution in [3.63, 3.8) is 0 Å². The quantitative estimate of drug-likeness (QED) is 0.349. The highest BCUT2D eigenvalue weighted by atomic mass is 16.3. The van der Waals surface area contributed by atoms with Crippen LogP contribution < -0.4 is 5.32 Å². The lowest BCUT2D eigenvalue weighted by molar-refractivity contribution is 0.102. The van der Waals surface area contributed by atoms with Crippen LogP contribution >= 0.6 is 0 Å². The zero-order valence-corrected chi connectivity index (χ0v) is 16.2. The second kappa shape index (κ2) is 6.38. The highest BCUT2D eigenvalue weighted by Gasteiger charge is 2.18. The zero-order chi connectivity index (χ0) is 20.1. The molecule has 3 N–H and O–H groups in total. The summed E-state index contributed by atoms with van der Waals surface area (Å²) >= 11 is 0. The molecule has 0 aliphatic heterocycles. The van der Waals surface area contributed by atoms with Gasteiger partial charge in [-0.15, -0.1) is 0 Å². The lowest BCUT2D eigenvalue weighted by Gasteiger charge is -2.12. The predicted octanol–water partition coefficient (Wildman–Crippen LogP) is 6.05. The van der Waals surface area contributed by atoms with E-state index in [1.807, 2.05) is 62.4 Å². The minimum absolute atomic E-state index is 0.00766. The molecule has 1 amide bonds. The van der Waals surface area contributed by atoms with Crippen molar-refractivity contribution < 1.29 is 9.90 Å². The Labute approximate surface area is 167 Å². The number of hydrogen-bond donors (Lipinski definition) is 3. The number of para-hydroxylation sites is 1. The van der Waals surface area contributed by atoms with Crippen LogP contribution in [0.25, 0.3) is 32.6 Å². The maximum absolute atomic E-state index is 12.8. The van der Waals surface area contributed by atoms with E-state index in [1.54, 1.807) is 6.07 Å². The molecule has 0 saturated heterocycles. The Hall–Kier alpha value is -3.79. The van der Waals surface area contributed by atoms with Gasteiger partial charge in [-0.25, -0.2) is 0 Å². The Morgan fingerprint density at radius 3 is 2.48 bits per heavy atom. The fourth-order valence-electron chi connectivity index (χ4n) is 4.01. The van der Waals surface area contributed by atoms with Crippen LogP contribution in [0.5, 0.6) is 5.75 Å². The first kappa shape index (κ1) is 17.3. The number of hydrogen-bond acceptors (Lipinski definition) is 2. The molecule has 0 unspecified atom stereocenters. The van der Waals surface area contributed by atoms with Crippen molar-refractivity contribution in [3.05, 3.63) is 83.4 Å². The Morgan fingerprint density at radius 1 is 0.931 bits per heavy atom. The smallest absolute Gasteiger partial charge is 0.259 e. The summed E-state index contributed by atoms with van der Waals surface area (Å²) < 4.78 is 0. The number of carbonyl (C=O) groups excluding carboxylic acids is 1. The van der Waals surface area contributed by atoms with E-state index in [9.17, 15) is 9.90 Å². The molecule has 0 aliphatic carbocycles. The number of phenols is 1. The van der Waals surface area contributed by atoms with Crippen LogP contribution in [0.4, 0.5) is 5.69 Å². The van der Waals surface area contributed by atoms with Gasteiger partial charge >= 0.3 is 0 Å². The molecule has 4 aromatic carbocycles. The summed E-state index contributed by atoms with van der Waals surface area (Å²) in [7, 11) is 0. The number of phenolic OH excluding ortho intramolecular Hbond substituents is 1. The number of rotatable bonds is 2. The fourth-order valence-corrected chi connectivity index (χ4v) is 4.01. The zero-order valence-electron chi connectivity index (χ0n) is 16.2. The van der Waals surface area contributed by atoms with Gasteiger partial charge in [-0.3, -0.25) is 4.79 Å². The van der Waals surface area contributed by atoms with E-state index in [4.69, 9.17) is 0 Å². The minimum Gasteiger partial charge on any atom is -0.507 e. The Kier molecular flexibility index (Phi) is 3.81. The number of carbonyl (C=O) groups is 1. The maximum Gasteiger partial charge on any atom is 0.259 e. The number of aromatic amines is 1. The molecule has 0 radical (unpaired) electrons. The van der Waals surface area contributed by atoms with Gasteiger partial charge in [-0.05, 0) is 43.5 Å². The predicted molar refractivity (Wildman–Crippen MR) is 119 cm³/mol. The number of aromatic hydroxyl groups is 1. The van der Waals surface area contributed by atoms with Crippen molar-refractivity contribution in [1.82, 2.24) is 4.98 Å². The summed E-state index contributed by atoms with van der Waals surface area (Å²) in [6.45, 7) is 3.85. The van der Waals surface area contributed by atoms with Crippen molar-refractivity contribution in [3.8, 4) is 5.75 Å². The average molecular weight is 380 g/mol. The van der Waals surface area contributed by atoms with Crippen LogP contribution in [-0.4, -0.2) is 16.0 Å². The molecule has 5 rings (SSSR count). The number of benzene rings is 4. The number of amides is 1. The first-order valence-corrected chi connectivity index (χ1v) is 9.56. The summed E-state index contributed by atoms with van der Waals surface area (Å²) in [4.78, 5) is 16.3. The molecule has 1 heterocycles. The van der Waals surface area contributed by atoms with Crippen LogP contribution in [0.1, 0.15) is 21.5 Å². The van der Waals surface area contributed by atoms with Crippen molar-refractivity contribution in [2.24, 2.45) is 0 Å². The normalized spacial score (nSPS) is 11.4. The average Bonchev–Trinajstić information content (AvgIpc) is 3.10. The molecule has 0 saturated carbocycles. The largest absolute Gasteiger partial charge is 0.507 e. The highest BCUT2D eigenvalue weighted by Crippen LogP contribution is 2.37. The third-order valence-corrected chi connectivity index (χ3v) is 5.55. The molecule has 142 valence electrons. The Balaban J connectivity index is 1.67. The van der Waals surface area contributed by atoms with Gasteiger partial charge in [-0.1, -0.05) is 48.0 Å². The standard InChI is InChI=1S/C25H20N2O2/c1-14-7-10-17(11-8-14)26-25(29)20-13-16-9-12-19-18-5-3-4-6-21(18)27-23(19)22(16)15(2)24(20)28/h3-13,27-28H,1-2H3,(H,26,29). The summed E-state index contributed by atoms with van der Waals surface area (Å²) in [6.07, 6.45) is 0. The maximum atomic E-state index is 12.8. The van der Waals surface area contributed by atoms with Gasteiger partial charge in [-0.2, -0.15) is 0 Å². The summed E-state index contributed by atoms with van der Waals surface area (Å²) in [5, 5.41) is 17.8. The lowest BCUT2D eigenvalue weighted by atomic mass is 9.97. The number of anilines is 1. The van der Waals surface area contributed by atoms with E-state index in [0.717, 1.165) is 38.1 Å². The summed E-state index contributed by atoms with van der Waals surface area (Å²) in [5.74, 6) is -0.318. The van der Waals surface area contributed by atoms with Gasteiger partial charge in [0.2, 0.25) is 0 Å². The molecule has 0 aliphatic rings. The molecule has 1 aromatic heterocycles. The third-order valence-electron chi connectivity index (χ3n) is 5.55. The third kappa shape index (κ3) is 2.72. The number of H-pyrrole nitrogens is 1. The minimum atomic E-state index is -0.326. The summed E-state index contributed by atoms with van der Waals surface area (Å²) in [5.41, 5.74) is 4.80. The van der Waals surface area contributed by atoms with Crippen LogP contribution in [0, 0.1) is 13.8 Å². The van der Waals surface area contributed by atoms with Crippen LogP contribution in [0.3, 0.4) is 0 Å².